The van der Waals surface area contributed by atoms with Crippen LogP contribution in [-0.2, 0) is 0 Å². The maximum absolute atomic E-state index is 5.25. The van der Waals surface area contributed by atoms with Crippen molar-refractivity contribution in [1.29, 1.82) is 0 Å². The van der Waals surface area contributed by atoms with Crippen LogP contribution in [0.3, 0.4) is 0 Å². The number of rotatable bonds is 3. The van der Waals surface area contributed by atoms with Crippen LogP contribution in [0, 0.1) is 0 Å². The van der Waals surface area contributed by atoms with Gasteiger partial charge in [-0.25, -0.2) is 0 Å². The Labute approximate surface area is 125 Å². The summed E-state index contributed by atoms with van der Waals surface area (Å²) in [5, 5.41) is 4.54. The zero-order valence-electron chi connectivity index (χ0n) is 10.5. The molecule has 0 radical (unpaired) electrons. The first-order valence-electron chi connectivity index (χ1n) is 6.03. The lowest BCUT2D eigenvalue weighted by molar-refractivity contribution is 0.415. The fourth-order valence-electron chi connectivity index (χ4n) is 2.13. The van der Waals surface area contributed by atoms with E-state index >= 15 is 0 Å². The van der Waals surface area contributed by atoms with E-state index in [2.05, 4.69) is 63.8 Å². The lowest BCUT2D eigenvalue weighted by atomic mass is 10.0. The second-order valence-electron chi connectivity index (χ2n) is 4.35. The van der Waals surface area contributed by atoms with Crippen LogP contribution >= 0.6 is 27.3 Å². The molecule has 0 saturated heterocycles. The molecular formula is C16H13BrOS. The molecule has 3 rings (SSSR count). The van der Waals surface area contributed by atoms with Crippen LogP contribution in [0.4, 0.5) is 0 Å². The molecule has 3 heteroatoms. The van der Waals surface area contributed by atoms with Crippen molar-refractivity contribution in [1.82, 2.24) is 0 Å². The average molecular weight is 333 g/mol. The maximum Gasteiger partial charge on any atom is 0.119 e. The molecule has 0 aliphatic rings. The van der Waals surface area contributed by atoms with Crippen molar-refractivity contribution in [3.63, 3.8) is 0 Å². The normalized spacial score (nSPS) is 12.5. The highest BCUT2D eigenvalue weighted by Gasteiger charge is 2.11. The third-order valence-electron chi connectivity index (χ3n) is 3.16. The van der Waals surface area contributed by atoms with Gasteiger partial charge in [-0.05, 0) is 46.0 Å². The van der Waals surface area contributed by atoms with Crippen LogP contribution in [-0.4, -0.2) is 7.11 Å². The van der Waals surface area contributed by atoms with Gasteiger partial charge in [-0.3, -0.25) is 0 Å². The van der Waals surface area contributed by atoms with Gasteiger partial charge in [0.2, 0.25) is 0 Å². The molecule has 19 heavy (non-hydrogen) atoms. The minimum Gasteiger partial charge on any atom is -0.497 e. The van der Waals surface area contributed by atoms with E-state index in [4.69, 9.17) is 4.74 Å². The van der Waals surface area contributed by atoms with E-state index in [0.29, 0.717) is 0 Å². The standard InChI is InChI=1S/C16H13BrOS/c1-18-14-7-6-11-9-13(5-4-12(11)10-14)16(17)15-3-2-8-19-15/h2-10,16H,1H3. The molecule has 96 valence electrons. The summed E-state index contributed by atoms with van der Waals surface area (Å²) < 4.78 is 5.25. The molecule has 0 aliphatic heterocycles. The summed E-state index contributed by atoms with van der Waals surface area (Å²) in [5.74, 6) is 0.897. The van der Waals surface area contributed by atoms with Crippen LogP contribution < -0.4 is 4.74 Å². The van der Waals surface area contributed by atoms with E-state index in [1.165, 1.54) is 21.2 Å². The van der Waals surface area contributed by atoms with Gasteiger partial charge in [-0.2, -0.15) is 0 Å². The number of benzene rings is 2. The fourth-order valence-corrected chi connectivity index (χ4v) is 3.61. The fraction of sp³-hybridized carbons (Fsp3) is 0.125. The van der Waals surface area contributed by atoms with Gasteiger partial charge >= 0.3 is 0 Å². The molecule has 0 bridgehead atoms. The molecular weight excluding hydrogens is 320 g/mol. The van der Waals surface area contributed by atoms with Crippen LogP contribution in [0.1, 0.15) is 15.3 Å². The number of hydrogen-bond acceptors (Lipinski definition) is 2. The molecule has 1 nitrogen and oxygen atoms in total. The largest absolute Gasteiger partial charge is 0.497 e. The van der Waals surface area contributed by atoms with Crippen molar-refractivity contribution in [2.75, 3.05) is 7.11 Å². The van der Waals surface area contributed by atoms with E-state index in [9.17, 15) is 0 Å². The smallest absolute Gasteiger partial charge is 0.119 e. The molecule has 0 N–H and O–H groups in total. The molecule has 2 aromatic carbocycles. The summed E-state index contributed by atoms with van der Waals surface area (Å²) in [4.78, 5) is 1.59. The van der Waals surface area contributed by atoms with Gasteiger partial charge in [0.05, 0.1) is 11.9 Å². The van der Waals surface area contributed by atoms with E-state index in [-0.39, 0.29) is 4.83 Å². The number of alkyl halides is 1. The van der Waals surface area contributed by atoms with E-state index in [0.717, 1.165) is 5.75 Å². The van der Waals surface area contributed by atoms with E-state index in [1.54, 1.807) is 18.4 Å². The van der Waals surface area contributed by atoms with Gasteiger partial charge in [-0.1, -0.05) is 40.2 Å². The van der Waals surface area contributed by atoms with Crippen LogP contribution in [0.2, 0.25) is 0 Å². The Morgan fingerprint density at radius 1 is 1.05 bits per heavy atom. The van der Waals surface area contributed by atoms with Gasteiger partial charge in [0, 0.05) is 4.88 Å². The number of methoxy groups -OCH3 is 1. The van der Waals surface area contributed by atoms with Gasteiger partial charge in [-0.15, -0.1) is 11.3 Å². The summed E-state index contributed by atoms with van der Waals surface area (Å²) in [5.41, 5.74) is 1.28. The van der Waals surface area contributed by atoms with Gasteiger partial charge in [0.15, 0.2) is 0 Å². The predicted octanol–water partition coefficient (Wildman–Crippen LogP) is 5.39. The highest BCUT2D eigenvalue weighted by atomic mass is 79.9. The lowest BCUT2D eigenvalue weighted by Gasteiger charge is -2.10. The number of ether oxygens (including phenoxy) is 1. The Morgan fingerprint density at radius 2 is 1.84 bits per heavy atom. The molecule has 0 fully saturated rings. The van der Waals surface area contributed by atoms with Crippen molar-refractivity contribution >= 4 is 38.0 Å². The maximum atomic E-state index is 5.25. The lowest BCUT2D eigenvalue weighted by Crippen LogP contribution is -1.90. The average Bonchev–Trinajstić information content (AvgIpc) is 2.99. The first kappa shape index (κ1) is 12.7. The van der Waals surface area contributed by atoms with E-state index < -0.39 is 0 Å². The third-order valence-corrected chi connectivity index (χ3v) is 5.42. The monoisotopic (exact) mass is 332 g/mol. The summed E-state index contributed by atoms with van der Waals surface area (Å²) in [6.07, 6.45) is 0. The van der Waals surface area contributed by atoms with Crippen LogP contribution in [0.15, 0.2) is 53.9 Å². The minimum atomic E-state index is 0.263. The molecule has 1 aromatic heterocycles. The van der Waals surface area contributed by atoms with Crippen LogP contribution in [0.5, 0.6) is 5.75 Å². The Morgan fingerprint density at radius 3 is 2.58 bits per heavy atom. The van der Waals surface area contributed by atoms with Crippen molar-refractivity contribution in [2.24, 2.45) is 0 Å². The number of fused-ring (bicyclic) bond motifs is 1. The van der Waals surface area contributed by atoms with Crippen molar-refractivity contribution in [2.45, 2.75) is 4.83 Å². The molecule has 3 aromatic rings. The second kappa shape index (κ2) is 5.35. The summed E-state index contributed by atoms with van der Waals surface area (Å²) in [6, 6.07) is 17.0. The topological polar surface area (TPSA) is 9.23 Å². The number of thiophene rings is 1. The third kappa shape index (κ3) is 2.53. The molecule has 1 unspecified atom stereocenters. The second-order valence-corrected chi connectivity index (χ2v) is 6.25. The first-order valence-corrected chi connectivity index (χ1v) is 7.82. The van der Waals surface area contributed by atoms with Gasteiger partial charge in [0.1, 0.15) is 5.75 Å². The summed E-state index contributed by atoms with van der Waals surface area (Å²) in [7, 11) is 1.70. The molecule has 0 aliphatic carbocycles. The molecule has 1 atom stereocenters. The zero-order valence-corrected chi connectivity index (χ0v) is 12.9. The van der Waals surface area contributed by atoms with Crippen molar-refractivity contribution in [3.05, 3.63) is 64.4 Å². The SMILES string of the molecule is COc1ccc2cc(C(Br)c3cccs3)ccc2c1. The van der Waals surface area contributed by atoms with Crippen molar-refractivity contribution < 1.29 is 4.74 Å². The van der Waals surface area contributed by atoms with Crippen molar-refractivity contribution in [3.8, 4) is 5.75 Å². The Hall–Kier alpha value is -1.32. The van der Waals surface area contributed by atoms with Crippen LogP contribution in [0.25, 0.3) is 10.8 Å². The Kier molecular flexibility index (Phi) is 3.58. The van der Waals surface area contributed by atoms with E-state index in [1.807, 2.05) is 6.07 Å². The molecule has 1 heterocycles. The predicted molar refractivity (Wildman–Crippen MR) is 85.6 cm³/mol. The highest BCUT2D eigenvalue weighted by molar-refractivity contribution is 9.09. The Bertz CT molecular complexity index is 691. The summed E-state index contributed by atoms with van der Waals surface area (Å²) in [6.45, 7) is 0. The zero-order chi connectivity index (χ0) is 13.2. The molecule has 0 spiro atoms. The highest BCUT2D eigenvalue weighted by Crippen LogP contribution is 2.35. The summed E-state index contributed by atoms with van der Waals surface area (Å²) >= 11 is 5.54. The Balaban J connectivity index is 2.02. The molecule has 0 amide bonds. The van der Waals surface area contributed by atoms with Gasteiger partial charge < -0.3 is 4.74 Å². The number of halogens is 1. The first-order chi connectivity index (χ1) is 9.28. The minimum absolute atomic E-state index is 0.263. The quantitative estimate of drug-likeness (QED) is 0.584. The van der Waals surface area contributed by atoms with Gasteiger partial charge in [0.25, 0.3) is 0 Å². The molecule has 0 saturated carbocycles. The number of hydrogen-bond donors (Lipinski definition) is 0.